The average Bonchev–Trinajstić information content (AvgIpc) is 2.64. The molecule has 0 heterocycles. The van der Waals surface area contributed by atoms with Gasteiger partial charge in [-0.05, 0) is 35.4 Å². The van der Waals surface area contributed by atoms with Crippen LogP contribution in [0.1, 0.15) is 21.5 Å². The summed E-state index contributed by atoms with van der Waals surface area (Å²) in [6, 6.07) is 12.9. The van der Waals surface area contributed by atoms with Crippen LogP contribution in [0.15, 0.2) is 53.6 Å². The van der Waals surface area contributed by atoms with E-state index in [1.807, 2.05) is 38.4 Å². The van der Waals surface area contributed by atoms with Gasteiger partial charge in [-0.15, -0.1) is 0 Å². The van der Waals surface area contributed by atoms with E-state index in [0.29, 0.717) is 17.1 Å². The van der Waals surface area contributed by atoms with Crippen LogP contribution in [-0.4, -0.2) is 45.3 Å². The van der Waals surface area contributed by atoms with Crippen LogP contribution in [0.25, 0.3) is 6.08 Å². The number of hydrogen-bond donors (Lipinski definition) is 0. The molecule has 0 N–H and O–H groups in total. The molecule has 0 fully saturated rings. The van der Waals surface area contributed by atoms with Gasteiger partial charge in [0, 0.05) is 19.7 Å². The number of nitrogens with zero attached hydrogens (tertiary/aromatic N) is 2. The number of hydrazone groups is 1. The second-order valence-corrected chi connectivity index (χ2v) is 5.53. The van der Waals surface area contributed by atoms with E-state index in [0.717, 1.165) is 11.1 Å². The molecule has 0 aliphatic heterocycles. The minimum atomic E-state index is -0.0980. The topological polar surface area (TPSA) is 51.1 Å². The largest absolute Gasteiger partial charge is 0.493 e. The lowest BCUT2D eigenvalue weighted by atomic mass is 10.1. The van der Waals surface area contributed by atoms with Crippen LogP contribution in [0.5, 0.6) is 11.5 Å². The van der Waals surface area contributed by atoms with E-state index in [-0.39, 0.29) is 5.78 Å². The Hall–Kier alpha value is -3.08. The van der Waals surface area contributed by atoms with E-state index >= 15 is 0 Å². The van der Waals surface area contributed by atoms with Gasteiger partial charge in [0.15, 0.2) is 17.3 Å². The molecule has 0 aliphatic rings. The lowest BCUT2D eigenvalue weighted by Gasteiger charge is -2.08. The minimum absolute atomic E-state index is 0.0980. The molecule has 2 rings (SSSR count). The molecule has 0 atom stereocenters. The molecule has 0 spiro atoms. The van der Waals surface area contributed by atoms with Crippen LogP contribution < -0.4 is 9.47 Å². The zero-order valence-corrected chi connectivity index (χ0v) is 14.9. The molecule has 130 valence electrons. The number of rotatable bonds is 7. The first-order valence-electron chi connectivity index (χ1n) is 7.79. The summed E-state index contributed by atoms with van der Waals surface area (Å²) < 4.78 is 10.4. The van der Waals surface area contributed by atoms with Crippen LogP contribution in [0.4, 0.5) is 0 Å². The molecule has 25 heavy (non-hydrogen) atoms. The molecule has 0 aromatic heterocycles. The summed E-state index contributed by atoms with van der Waals surface area (Å²) in [7, 11) is 6.84. The second kappa shape index (κ2) is 8.68. The summed E-state index contributed by atoms with van der Waals surface area (Å²) in [6.07, 6.45) is 5.11. The summed E-state index contributed by atoms with van der Waals surface area (Å²) >= 11 is 0. The van der Waals surface area contributed by atoms with Crippen molar-refractivity contribution < 1.29 is 14.3 Å². The fraction of sp³-hybridized carbons (Fsp3) is 0.200. The Labute approximate surface area is 148 Å². The fourth-order valence-electron chi connectivity index (χ4n) is 2.13. The van der Waals surface area contributed by atoms with Crippen molar-refractivity contribution in [2.75, 3.05) is 28.3 Å². The predicted octanol–water partition coefficient (Wildman–Crippen LogP) is 3.50. The van der Waals surface area contributed by atoms with Crippen LogP contribution in [-0.2, 0) is 0 Å². The Bertz CT molecular complexity index is 778. The molecular weight excluding hydrogens is 316 g/mol. The number of methoxy groups -OCH3 is 2. The molecule has 5 heteroatoms. The van der Waals surface area contributed by atoms with Crippen LogP contribution >= 0.6 is 0 Å². The van der Waals surface area contributed by atoms with Crippen molar-refractivity contribution in [2.45, 2.75) is 0 Å². The van der Waals surface area contributed by atoms with Gasteiger partial charge in [-0.2, -0.15) is 5.10 Å². The first-order valence-corrected chi connectivity index (χ1v) is 7.79. The summed E-state index contributed by atoms with van der Waals surface area (Å²) in [4.78, 5) is 12.3. The van der Waals surface area contributed by atoms with Gasteiger partial charge >= 0.3 is 0 Å². The van der Waals surface area contributed by atoms with E-state index < -0.39 is 0 Å². The number of carbonyl (C=O) groups excluding carboxylic acids is 1. The third-order valence-electron chi connectivity index (χ3n) is 3.47. The molecule has 0 saturated heterocycles. The maximum Gasteiger partial charge on any atom is 0.185 e. The number of carbonyl (C=O) groups is 1. The van der Waals surface area contributed by atoms with Crippen molar-refractivity contribution in [3.63, 3.8) is 0 Å². The predicted molar refractivity (Wildman–Crippen MR) is 101 cm³/mol. The van der Waals surface area contributed by atoms with E-state index in [4.69, 9.17) is 9.47 Å². The molecule has 5 nitrogen and oxygen atoms in total. The van der Waals surface area contributed by atoms with Gasteiger partial charge in [0.05, 0.1) is 20.4 Å². The summed E-state index contributed by atoms with van der Waals surface area (Å²) in [6.45, 7) is 0. The Kier molecular flexibility index (Phi) is 6.34. The second-order valence-electron chi connectivity index (χ2n) is 5.53. The highest BCUT2D eigenvalue weighted by atomic mass is 16.5. The number of hydrogen-bond acceptors (Lipinski definition) is 5. The van der Waals surface area contributed by atoms with Gasteiger partial charge in [0.25, 0.3) is 0 Å². The van der Waals surface area contributed by atoms with Crippen LogP contribution in [0, 0.1) is 0 Å². The highest BCUT2D eigenvalue weighted by molar-refractivity contribution is 6.07. The van der Waals surface area contributed by atoms with Gasteiger partial charge in [-0.1, -0.05) is 30.3 Å². The fourth-order valence-corrected chi connectivity index (χ4v) is 2.13. The van der Waals surface area contributed by atoms with Crippen LogP contribution in [0.3, 0.4) is 0 Å². The smallest absolute Gasteiger partial charge is 0.185 e. The molecule has 0 radical (unpaired) electrons. The van der Waals surface area contributed by atoms with E-state index in [9.17, 15) is 4.79 Å². The highest BCUT2D eigenvalue weighted by Gasteiger charge is 2.08. The first-order chi connectivity index (χ1) is 12.0. The van der Waals surface area contributed by atoms with Crippen molar-refractivity contribution in [3.8, 4) is 11.5 Å². The van der Waals surface area contributed by atoms with E-state index in [2.05, 4.69) is 5.10 Å². The zero-order valence-electron chi connectivity index (χ0n) is 14.9. The maximum absolute atomic E-state index is 12.3. The lowest BCUT2D eigenvalue weighted by Crippen LogP contribution is -2.01. The van der Waals surface area contributed by atoms with Crippen molar-refractivity contribution in [3.05, 3.63) is 65.2 Å². The summed E-state index contributed by atoms with van der Waals surface area (Å²) in [5.41, 5.74) is 2.48. The molecule has 2 aromatic carbocycles. The molecular formula is C20H22N2O3. The van der Waals surface area contributed by atoms with E-state index in [1.165, 1.54) is 0 Å². The van der Waals surface area contributed by atoms with Gasteiger partial charge in [0.2, 0.25) is 0 Å². The Morgan fingerprint density at radius 2 is 1.60 bits per heavy atom. The maximum atomic E-state index is 12.3. The average molecular weight is 338 g/mol. The number of allylic oxidation sites excluding steroid dienone is 1. The Balaban J connectivity index is 2.09. The van der Waals surface area contributed by atoms with E-state index in [1.54, 1.807) is 55.8 Å². The molecule has 2 aromatic rings. The quantitative estimate of drug-likeness (QED) is 0.336. The van der Waals surface area contributed by atoms with Crippen molar-refractivity contribution in [1.29, 1.82) is 0 Å². The number of benzene rings is 2. The van der Waals surface area contributed by atoms with Gasteiger partial charge in [-0.25, -0.2) is 0 Å². The minimum Gasteiger partial charge on any atom is -0.493 e. The number of ketones is 1. The molecule has 0 saturated carbocycles. The summed E-state index contributed by atoms with van der Waals surface area (Å²) in [5.74, 6) is 1.03. The molecule has 0 unspecified atom stereocenters. The standard InChI is InChI=1S/C20H22N2O3/c1-22(2)21-14-16-7-5-15(6-8-16)9-11-18(23)17-10-12-19(24-3)20(13-17)25-4/h5-14H,1-4H3/b11-9+,21-14-. The summed E-state index contributed by atoms with van der Waals surface area (Å²) in [5, 5.41) is 5.91. The molecule has 0 aliphatic carbocycles. The first kappa shape index (κ1) is 18.3. The van der Waals surface area contributed by atoms with Gasteiger partial charge in [0.1, 0.15) is 0 Å². The monoisotopic (exact) mass is 338 g/mol. The lowest BCUT2D eigenvalue weighted by molar-refractivity contribution is 0.104. The van der Waals surface area contributed by atoms with Gasteiger partial charge in [-0.3, -0.25) is 4.79 Å². The van der Waals surface area contributed by atoms with Crippen LogP contribution in [0.2, 0.25) is 0 Å². The van der Waals surface area contributed by atoms with Crippen molar-refractivity contribution in [1.82, 2.24) is 5.01 Å². The molecule has 0 bridgehead atoms. The third-order valence-corrected chi connectivity index (χ3v) is 3.47. The number of ether oxygens (including phenoxy) is 2. The van der Waals surface area contributed by atoms with Gasteiger partial charge < -0.3 is 14.5 Å². The highest BCUT2D eigenvalue weighted by Crippen LogP contribution is 2.27. The Morgan fingerprint density at radius 1 is 0.960 bits per heavy atom. The van der Waals surface area contributed by atoms with Crippen molar-refractivity contribution in [2.24, 2.45) is 5.10 Å². The Morgan fingerprint density at radius 3 is 2.20 bits per heavy atom. The zero-order chi connectivity index (χ0) is 18.2. The third kappa shape index (κ3) is 5.21. The van der Waals surface area contributed by atoms with Crippen molar-refractivity contribution >= 4 is 18.1 Å². The molecule has 0 amide bonds. The normalized spacial score (nSPS) is 11.0. The SMILES string of the molecule is COc1ccc(C(=O)/C=C/c2ccc(/C=N\N(C)C)cc2)cc1OC.